The summed E-state index contributed by atoms with van der Waals surface area (Å²) < 4.78 is 0. The van der Waals surface area contributed by atoms with Crippen molar-refractivity contribution in [2.24, 2.45) is 5.92 Å². The van der Waals surface area contributed by atoms with E-state index in [0.29, 0.717) is 18.2 Å². The van der Waals surface area contributed by atoms with Gasteiger partial charge in [-0.2, -0.15) is 0 Å². The molecule has 0 aliphatic carbocycles. The monoisotopic (exact) mass is 343 g/mol. The summed E-state index contributed by atoms with van der Waals surface area (Å²) in [7, 11) is 0. The topological polar surface area (TPSA) is 52.7 Å². The molecule has 5 heteroatoms. The second kappa shape index (κ2) is 7.56. The van der Waals surface area contributed by atoms with Crippen LogP contribution in [-0.2, 0) is 4.79 Å². The first-order chi connectivity index (χ1) is 12.0. The molecule has 2 fully saturated rings. The van der Waals surface area contributed by atoms with Gasteiger partial charge in [0.1, 0.15) is 0 Å². The largest absolute Gasteiger partial charge is 0.338 e. The first kappa shape index (κ1) is 17.9. The van der Waals surface area contributed by atoms with Crippen molar-refractivity contribution in [3.63, 3.8) is 0 Å². The third-order valence-corrected chi connectivity index (χ3v) is 5.67. The lowest BCUT2D eigenvalue weighted by molar-refractivity contribution is -0.140. The highest BCUT2D eigenvalue weighted by Gasteiger charge is 2.35. The molecule has 2 aliphatic rings. The van der Waals surface area contributed by atoms with E-state index in [9.17, 15) is 9.59 Å². The number of nitrogens with one attached hydrogen (secondary N) is 1. The number of amides is 2. The predicted octanol–water partition coefficient (Wildman–Crippen LogP) is 2.06. The zero-order chi connectivity index (χ0) is 18.0. The van der Waals surface area contributed by atoms with E-state index in [1.807, 2.05) is 41.0 Å². The summed E-state index contributed by atoms with van der Waals surface area (Å²) in [4.78, 5) is 29.6. The quantitative estimate of drug-likeness (QED) is 0.894. The van der Waals surface area contributed by atoms with Gasteiger partial charge in [-0.25, -0.2) is 0 Å². The van der Waals surface area contributed by atoms with E-state index < -0.39 is 0 Å². The Hall–Kier alpha value is -1.88. The van der Waals surface area contributed by atoms with Gasteiger partial charge in [0.15, 0.2) is 0 Å². The van der Waals surface area contributed by atoms with Crippen molar-refractivity contribution < 1.29 is 9.59 Å². The van der Waals surface area contributed by atoms with Gasteiger partial charge >= 0.3 is 0 Å². The van der Waals surface area contributed by atoms with Gasteiger partial charge in [-0.15, -0.1) is 0 Å². The molecule has 25 heavy (non-hydrogen) atoms. The summed E-state index contributed by atoms with van der Waals surface area (Å²) in [5.74, 6) is 0.178. The smallest absolute Gasteiger partial charge is 0.253 e. The molecule has 2 heterocycles. The fraction of sp³-hybridized carbons (Fsp3) is 0.600. The maximum absolute atomic E-state index is 13.0. The third kappa shape index (κ3) is 3.87. The maximum Gasteiger partial charge on any atom is 0.253 e. The van der Waals surface area contributed by atoms with E-state index >= 15 is 0 Å². The van der Waals surface area contributed by atoms with Crippen molar-refractivity contribution in [2.45, 2.75) is 45.7 Å². The van der Waals surface area contributed by atoms with Crippen LogP contribution >= 0.6 is 0 Å². The Kier molecular flexibility index (Phi) is 5.42. The molecule has 0 bridgehead atoms. The lowest BCUT2D eigenvalue weighted by Gasteiger charge is -2.42. The van der Waals surface area contributed by atoms with Crippen molar-refractivity contribution in [1.82, 2.24) is 15.1 Å². The molecule has 1 N–H and O–H groups in total. The van der Waals surface area contributed by atoms with Gasteiger partial charge in [-0.1, -0.05) is 17.7 Å². The SMILES string of the molecule is Cc1ccc(C(=O)N2CCCC(C(=O)N3CCNC(C)C3C)C2)cc1. The van der Waals surface area contributed by atoms with Crippen molar-refractivity contribution in [3.05, 3.63) is 35.4 Å². The number of hydrogen-bond acceptors (Lipinski definition) is 3. The Morgan fingerprint density at radius 1 is 1.12 bits per heavy atom. The summed E-state index contributed by atoms with van der Waals surface area (Å²) in [6.07, 6.45) is 1.77. The van der Waals surface area contributed by atoms with Crippen LogP contribution in [0, 0.1) is 12.8 Å². The number of nitrogens with zero attached hydrogens (tertiary/aromatic N) is 2. The molecule has 2 saturated heterocycles. The molecule has 2 amide bonds. The highest BCUT2D eigenvalue weighted by molar-refractivity contribution is 5.94. The van der Waals surface area contributed by atoms with Gasteiger partial charge in [0.25, 0.3) is 5.91 Å². The summed E-state index contributed by atoms with van der Waals surface area (Å²) in [5.41, 5.74) is 1.85. The van der Waals surface area contributed by atoms with Crippen LogP contribution in [0.3, 0.4) is 0 Å². The highest BCUT2D eigenvalue weighted by atomic mass is 16.2. The van der Waals surface area contributed by atoms with Crippen molar-refractivity contribution >= 4 is 11.8 Å². The van der Waals surface area contributed by atoms with E-state index in [4.69, 9.17) is 0 Å². The zero-order valence-corrected chi connectivity index (χ0v) is 15.5. The number of hydrogen-bond donors (Lipinski definition) is 1. The van der Waals surface area contributed by atoms with Crippen LogP contribution in [-0.4, -0.2) is 59.9 Å². The van der Waals surface area contributed by atoms with E-state index in [1.165, 1.54) is 0 Å². The van der Waals surface area contributed by atoms with E-state index in [2.05, 4.69) is 19.2 Å². The predicted molar refractivity (Wildman–Crippen MR) is 98.4 cm³/mol. The van der Waals surface area contributed by atoms with Gasteiger partial charge in [0.2, 0.25) is 5.91 Å². The van der Waals surface area contributed by atoms with Crippen molar-refractivity contribution in [2.75, 3.05) is 26.2 Å². The van der Waals surface area contributed by atoms with Crippen LogP contribution in [0.15, 0.2) is 24.3 Å². The Morgan fingerprint density at radius 2 is 1.84 bits per heavy atom. The molecule has 0 saturated carbocycles. The minimum Gasteiger partial charge on any atom is -0.338 e. The lowest BCUT2D eigenvalue weighted by atomic mass is 9.94. The van der Waals surface area contributed by atoms with Crippen molar-refractivity contribution in [3.8, 4) is 0 Å². The molecule has 1 aromatic rings. The summed E-state index contributed by atoms with van der Waals surface area (Å²) in [6, 6.07) is 8.19. The summed E-state index contributed by atoms with van der Waals surface area (Å²) in [5, 5.41) is 3.41. The molecule has 0 spiro atoms. The third-order valence-electron chi connectivity index (χ3n) is 5.67. The van der Waals surface area contributed by atoms with Crippen LogP contribution in [0.4, 0.5) is 0 Å². The zero-order valence-electron chi connectivity index (χ0n) is 15.5. The van der Waals surface area contributed by atoms with E-state index in [1.54, 1.807) is 0 Å². The molecule has 3 unspecified atom stereocenters. The molecular weight excluding hydrogens is 314 g/mol. The highest BCUT2D eigenvalue weighted by Crippen LogP contribution is 2.23. The van der Waals surface area contributed by atoms with E-state index in [-0.39, 0.29) is 23.8 Å². The van der Waals surface area contributed by atoms with Gasteiger partial charge < -0.3 is 15.1 Å². The van der Waals surface area contributed by atoms with Crippen LogP contribution in [0.5, 0.6) is 0 Å². The number of piperidine rings is 1. The average molecular weight is 343 g/mol. The van der Waals surface area contributed by atoms with Crippen molar-refractivity contribution in [1.29, 1.82) is 0 Å². The fourth-order valence-corrected chi connectivity index (χ4v) is 3.84. The summed E-state index contributed by atoms with van der Waals surface area (Å²) in [6.45, 7) is 9.12. The number of benzene rings is 1. The number of carbonyl (C=O) groups excluding carboxylic acids is 2. The Bertz CT molecular complexity index is 628. The van der Waals surface area contributed by atoms with Crippen LogP contribution < -0.4 is 5.32 Å². The Labute approximate surface area is 150 Å². The number of carbonyl (C=O) groups is 2. The lowest BCUT2D eigenvalue weighted by Crippen LogP contribution is -2.59. The minimum absolute atomic E-state index is 0.0410. The Balaban J connectivity index is 1.67. The molecule has 0 aromatic heterocycles. The molecule has 5 nitrogen and oxygen atoms in total. The van der Waals surface area contributed by atoms with E-state index in [0.717, 1.165) is 38.0 Å². The van der Waals surface area contributed by atoms with Gasteiger partial charge in [0, 0.05) is 43.8 Å². The molecule has 3 rings (SSSR count). The van der Waals surface area contributed by atoms with Gasteiger partial charge in [-0.3, -0.25) is 9.59 Å². The number of rotatable bonds is 2. The molecule has 1 aromatic carbocycles. The number of likely N-dealkylation sites (tertiary alicyclic amines) is 1. The second-order valence-corrected chi connectivity index (χ2v) is 7.47. The maximum atomic E-state index is 13.0. The van der Waals surface area contributed by atoms with Crippen LogP contribution in [0.2, 0.25) is 0 Å². The number of aryl methyl sites for hydroxylation is 1. The molecule has 0 radical (unpaired) electrons. The Morgan fingerprint density at radius 3 is 2.56 bits per heavy atom. The fourth-order valence-electron chi connectivity index (χ4n) is 3.84. The first-order valence-corrected chi connectivity index (χ1v) is 9.37. The first-order valence-electron chi connectivity index (χ1n) is 9.37. The van der Waals surface area contributed by atoms with Gasteiger partial charge in [0.05, 0.1) is 5.92 Å². The molecule has 136 valence electrons. The molecule has 2 aliphatic heterocycles. The normalized spacial score (nSPS) is 27.2. The minimum atomic E-state index is -0.0732. The van der Waals surface area contributed by atoms with Crippen LogP contribution in [0.25, 0.3) is 0 Å². The summed E-state index contributed by atoms with van der Waals surface area (Å²) >= 11 is 0. The average Bonchev–Trinajstić information content (AvgIpc) is 2.63. The second-order valence-electron chi connectivity index (χ2n) is 7.47. The van der Waals surface area contributed by atoms with Gasteiger partial charge in [-0.05, 0) is 45.7 Å². The molecule has 3 atom stereocenters. The molecular formula is C20H29N3O2. The standard InChI is InChI=1S/C20H29N3O2/c1-14-6-8-17(9-7-14)19(24)22-11-4-5-18(13-22)20(25)23-12-10-21-15(2)16(23)3/h6-9,15-16,18,21H,4-5,10-13H2,1-3H3. The number of piperazine rings is 1. The van der Waals surface area contributed by atoms with Crippen LogP contribution in [0.1, 0.15) is 42.6 Å².